The Morgan fingerprint density at radius 3 is 2.59 bits per heavy atom. The van der Waals surface area contributed by atoms with Gasteiger partial charge in [0.2, 0.25) is 0 Å². The summed E-state index contributed by atoms with van der Waals surface area (Å²) in [5.74, 6) is 0.891. The van der Waals surface area contributed by atoms with Gasteiger partial charge < -0.3 is 20.3 Å². The zero-order valence-electron chi connectivity index (χ0n) is 18.4. The summed E-state index contributed by atoms with van der Waals surface area (Å²) >= 11 is 0. The van der Waals surface area contributed by atoms with Crippen molar-refractivity contribution in [1.29, 1.82) is 0 Å². The highest BCUT2D eigenvalue weighted by molar-refractivity contribution is 14.0. The minimum Gasteiger partial charge on any atom is -0.385 e. The van der Waals surface area contributed by atoms with E-state index < -0.39 is 0 Å². The molecule has 2 aliphatic rings. The Bertz CT molecular complexity index is 640. The molecule has 5 nitrogen and oxygen atoms in total. The van der Waals surface area contributed by atoms with Gasteiger partial charge in [-0.05, 0) is 62.1 Å². The Hall–Kier alpha value is -1.02. The quantitative estimate of drug-likeness (QED) is 0.299. The summed E-state index contributed by atoms with van der Waals surface area (Å²) in [5, 5.41) is 7.19. The van der Waals surface area contributed by atoms with E-state index in [1.54, 1.807) is 7.11 Å². The minimum atomic E-state index is 0. The van der Waals surface area contributed by atoms with Crippen LogP contribution in [-0.4, -0.2) is 46.4 Å². The lowest BCUT2D eigenvalue weighted by Gasteiger charge is -2.30. The third kappa shape index (κ3) is 6.74. The van der Waals surface area contributed by atoms with Gasteiger partial charge in [0.1, 0.15) is 0 Å². The summed E-state index contributed by atoms with van der Waals surface area (Å²) in [7, 11) is 3.66. The Morgan fingerprint density at radius 1 is 1.21 bits per heavy atom. The van der Waals surface area contributed by atoms with Crippen molar-refractivity contribution in [1.82, 2.24) is 10.6 Å². The van der Waals surface area contributed by atoms with Crippen LogP contribution in [0, 0.1) is 5.41 Å². The first-order chi connectivity index (χ1) is 13.7. The van der Waals surface area contributed by atoms with Crippen LogP contribution in [0.15, 0.2) is 29.3 Å². The smallest absolute Gasteiger partial charge is 0.191 e. The number of guanidine groups is 1. The molecule has 3 rings (SSSR count). The zero-order chi connectivity index (χ0) is 19.8. The highest BCUT2D eigenvalue weighted by atomic mass is 127. The fourth-order valence-corrected chi connectivity index (χ4v) is 4.68. The van der Waals surface area contributed by atoms with Gasteiger partial charge in [0.15, 0.2) is 5.96 Å². The molecule has 0 radical (unpaired) electrons. The van der Waals surface area contributed by atoms with Gasteiger partial charge in [-0.15, -0.1) is 24.0 Å². The average molecular weight is 514 g/mol. The van der Waals surface area contributed by atoms with Gasteiger partial charge in [0, 0.05) is 46.1 Å². The first kappa shape index (κ1) is 24.3. The van der Waals surface area contributed by atoms with Crippen LogP contribution in [0.3, 0.4) is 0 Å². The lowest BCUT2D eigenvalue weighted by molar-refractivity contribution is 0.138. The first-order valence-corrected chi connectivity index (χ1v) is 11.0. The van der Waals surface area contributed by atoms with Crippen molar-refractivity contribution in [2.75, 3.05) is 45.3 Å². The molecular weight excluding hydrogens is 475 g/mol. The number of halogens is 1. The Morgan fingerprint density at radius 2 is 1.93 bits per heavy atom. The van der Waals surface area contributed by atoms with E-state index in [0.717, 1.165) is 25.5 Å². The number of nitrogens with one attached hydrogen (secondary N) is 2. The highest BCUT2D eigenvalue weighted by Gasteiger charge is 2.33. The summed E-state index contributed by atoms with van der Waals surface area (Å²) in [6, 6.07) is 9.16. The maximum atomic E-state index is 5.36. The monoisotopic (exact) mass is 514 g/mol. The van der Waals surface area contributed by atoms with Crippen LogP contribution in [0.1, 0.15) is 63.5 Å². The van der Waals surface area contributed by atoms with Crippen molar-refractivity contribution in [3.63, 3.8) is 0 Å². The van der Waals surface area contributed by atoms with Gasteiger partial charge in [0.25, 0.3) is 0 Å². The second-order valence-electron chi connectivity index (χ2n) is 8.53. The van der Waals surface area contributed by atoms with E-state index in [0.29, 0.717) is 5.41 Å². The van der Waals surface area contributed by atoms with E-state index in [9.17, 15) is 0 Å². The molecule has 0 aromatic heterocycles. The van der Waals surface area contributed by atoms with Crippen LogP contribution in [0.5, 0.6) is 0 Å². The van der Waals surface area contributed by atoms with Gasteiger partial charge in [-0.25, -0.2) is 0 Å². The molecule has 1 aliphatic heterocycles. The second-order valence-corrected chi connectivity index (χ2v) is 8.53. The lowest BCUT2D eigenvalue weighted by atomic mass is 9.83. The average Bonchev–Trinajstić information content (AvgIpc) is 3.42. The van der Waals surface area contributed by atoms with E-state index in [4.69, 9.17) is 4.74 Å². The molecule has 2 N–H and O–H groups in total. The van der Waals surface area contributed by atoms with Crippen molar-refractivity contribution in [2.24, 2.45) is 10.4 Å². The fourth-order valence-electron chi connectivity index (χ4n) is 4.68. The molecule has 1 saturated carbocycles. The largest absolute Gasteiger partial charge is 0.385 e. The summed E-state index contributed by atoms with van der Waals surface area (Å²) in [6.45, 7) is 6.38. The number of nitrogens with zero attached hydrogens (tertiary/aromatic N) is 2. The number of anilines is 1. The third-order valence-corrected chi connectivity index (χ3v) is 6.55. The fraction of sp³-hybridized carbons (Fsp3) is 0.696. The Kier molecular flexibility index (Phi) is 10.0. The normalized spacial score (nSPS) is 19.7. The molecular formula is C23H39IN4O. The number of rotatable bonds is 8. The number of benzene rings is 1. The molecule has 1 aromatic carbocycles. The maximum absolute atomic E-state index is 5.36. The molecule has 1 heterocycles. The van der Waals surface area contributed by atoms with Crippen LogP contribution in [-0.2, 0) is 4.74 Å². The zero-order valence-corrected chi connectivity index (χ0v) is 20.7. The van der Waals surface area contributed by atoms with Crippen molar-refractivity contribution in [2.45, 2.75) is 57.9 Å². The second kappa shape index (κ2) is 12.0. The molecule has 0 amide bonds. The van der Waals surface area contributed by atoms with Crippen molar-refractivity contribution >= 4 is 35.6 Å². The van der Waals surface area contributed by atoms with Crippen LogP contribution in [0.25, 0.3) is 0 Å². The summed E-state index contributed by atoms with van der Waals surface area (Å²) < 4.78 is 5.36. The molecule has 0 spiro atoms. The predicted molar refractivity (Wildman–Crippen MR) is 134 cm³/mol. The van der Waals surface area contributed by atoms with Crippen molar-refractivity contribution < 1.29 is 4.74 Å². The molecule has 0 bridgehead atoms. The topological polar surface area (TPSA) is 48.9 Å². The van der Waals surface area contributed by atoms with Crippen LogP contribution < -0.4 is 15.5 Å². The summed E-state index contributed by atoms with van der Waals surface area (Å²) in [6.07, 6.45) is 8.97. The molecule has 2 fully saturated rings. The molecule has 1 saturated heterocycles. The summed E-state index contributed by atoms with van der Waals surface area (Å²) in [5.41, 5.74) is 3.00. The standard InChI is InChI=1S/C23H38N4O.HI/c1-19(20-9-8-10-21(17-20)27-14-6-7-15-27)26-22(24-2)25-18-23(13-16-28-3)11-4-5-12-23;/h8-10,17,19H,4-7,11-16,18H2,1-3H3,(H2,24,25,26);1H. The van der Waals surface area contributed by atoms with Crippen LogP contribution >= 0.6 is 24.0 Å². The molecule has 1 aromatic rings. The highest BCUT2D eigenvalue weighted by Crippen LogP contribution is 2.40. The van der Waals surface area contributed by atoms with E-state index in [-0.39, 0.29) is 30.0 Å². The lowest BCUT2D eigenvalue weighted by Crippen LogP contribution is -2.44. The van der Waals surface area contributed by atoms with Gasteiger partial charge in [-0.3, -0.25) is 4.99 Å². The number of methoxy groups -OCH3 is 1. The molecule has 29 heavy (non-hydrogen) atoms. The first-order valence-electron chi connectivity index (χ1n) is 11.0. The Balaban J connectivity index is 0.00000300. The molecule has 164 valence electrons. The molecule has 1 aliphatic carbocycles. The van der Waals surface area contributed by atoms with E-state index >= 15 is 0 Å². The van der Waals surface area contributed by atoms with Gasteiger partial charge in [0.05, 0.1) is 6.04 Å². The molecule has 1 atom stereocenters. The number of ether oxygens (including phenoxy) is 1. The maximum Gasteiger partial charge on any atom is 0.191 e. The van der Waals surface area contributed by atoms with Crippen LogP contribution in [0.2, 0.25) is 0 Å². The predicted octanol–water partition coefficient (Wildman–Crippen LogP) is 4.73. The van der Waals surface area contributed by atoms with Gasteiger partial charge in [-0.2, -0.15) is 0 Å². The minimum absolute atomic E-state index is 0. The summed E-state index contributed by atoms with van der Waals surface area (Å²) in [4.78, 5) is 6.97. The van der Waals surface area contributed by atoms with E-state index in [1.807, 2.05) is 7.05 Å². The Labute approximate surface area is 194 Å². The number of hydrogen-bond donors (Lipinski definition) is 2. The van der Waals surface area contributed by atoms with E-state index in [1.165, 1.54) is 62.9 Å². The van der Waals surface area contributed by atoms with Crippen molar-refractivity contribution in [3.05, 3.63) is 29.8 Å². The van der Waals surface area contributed by atoms with Gasteiger partial charge in [-0.1, -0.05) is 25.0 Å². The van der Waals surface area contributed by atoms with Crippen molar-refractivity contribution in [3.8, 4) is 0 Å². The number of hydrogen-bond acceptors (Lipinski definition) is 3. The van der Waals surface area contributed by atoms with E-state index in [2.05, 4.69) is 51.7 Å². The molecule has 1 unspecified atom stereocenters. The van der Waals surface area contributed by atoms with Gasteiger partial charge >= 0.3 is 0 Å². The van der Waals surface area contributed by atoms with Crippen LogP contribution in [0.4, 0.5) is 5.69 Å². The third-order valence-electron chi connectivity index (χ3n) is 6.55. The molecule has 6 heteroatoms. The SMILES string of the molecule is CN=C(NCC1(CCOC)CCCC1)NC(C)c1cccc(N2CCCC2)c1.I. The number of aliphatic imine (C=N–C) groups is 1.